The minimum atomic E-state index is -0.967. The zero-order valence-corrected chi connectivity index (χ0v) is 11.5. The van der Waals surface area contributed by atoms with Gasteiger partial charge >= 0.3 is 0 Å². The molecule has 20 heavy (non-hydrogen) atoms. The Morgan fingerprint density at radius 1 is 1.25 bits per heavy atom. The van der Waals surface area contributed by atoms with Gasteiger partial charge in [0.05, 0.1) is 18.3 Å². The lowest BCUT2D eigenvalue weighted by Gasteiger charge is -2.11. The maximum atomic E-state index is 9.89. The van der Waals surface area contributed by atoms with Crippen LogP contribution in [-0.4, -0.2) is 25.1 Å². The molecule has 5 nitrogen and oxygen atoms in total. The third kappa shape index (κ3) is 2.53. The van der Waals surface area contributed by atoms with Gasteiger partial charge in [-0.1, -0.05) is 17.3 Å². The molecule has 1 aromatic carbocycles. The quantitative estimate of drug-likeness (QED) is 0.790. The first-order chi connectivity index (χ1) is 9.52. The predicted molar refractivity (Wildman–Crippen MR) is 76.1 cm³/mol. The van der Waals surface area contributed by atoms with E-state index in [0.717, 1.165) is 16.5 Å². The molecule has 5 heteroatoms. The molecule has 0 atom stereocenters. The van der Waals surface area contributed by atoms with E-state index in [1.165, 1.54) is 0 Å². The van der Waals surface area contributed by atoms with E-state index in [0.29, 0.717) is 12.2 Å². The van der Waals surface area contributed by atoms with Gasteiger partial charge in [-0.3, -0.25) is 4.98 Å². The van der Waals surface area contributed by atoms with E-state index in [2.05, 4.69) is 21.4 Å². The molecular formula is C15H16N4O. The summed E-state index contributed by atoms with van der Waals surface area (Å²) in [7, 11) is 0. The van der Waals surface area contributed by atoms with Crippen LogP contribution in [0.4, 0.5) is 0 Å². The molecule has 0 unspecified atom stereocenters. The lowest BCUT2D eigenvalue weighted by molar-refractivity contribution is 0.0737. The molecule has 0 fully saturated rings. The SMILES string of the molecule is CC(C)(O)c1cn(Cc2ccc3ncccc3c2)nn1. The highest BCUT2D eigenvalue weighted by atomic mass is 16.3. The summed E-state index contributed by atoms with van der Waals surface area (Å²) < 4.78 is 1.73. The van der Waals surface area contributed by atoms with Crippen molar-refractivity contribution in [2.75, 3.05) is 0 Å². The third-order valence-corrected chi connectivity index (χ3v) is 3.18. The van der Waals surface area contributed by atoms with Crippen molar-refractivity contribution in [3.05, 3.63) is 54.0 Å². The van der Waals surface area contributed by atoms with Crippen molar-refractivity contribution in [2.24, 2.45) is 0 Å². The van der Waals surface area contributed by atoms with E-state index in [1.54, 1.807) is 30.9 Å². The number of aromatic nitrogens is 4. The highest BCUT2D eigenvalue weighted by Gasteiger charge is 2.19. The van der Waals surface area contributed by atoms with Crippen LogP contribution >= 0.6 is 0 Å². The Hall–Kier alpha value is -2.27. The van der Waals surface area contributed by atoms with E-state index in [4.69, 9.17) is 0 Å². The zero-order chi connectivity index (χ0) is 14.2. The lowest BCUT2D eigenvalue weighted by atomic mass is 10.1. The number of fused-ring (bicyclic) bond motifs is 1. The second-order valence-corrected chi connectivity index (χ2v) is 5.39. The Bertz CT molecular complexity index is 743. The monoisotopic (exact) mass is 268 g/mol. The maximum absolute atomic E-state index is 9.89. The average molecular weight is 268 g/mol. The summed E-state index contributed by atoms with van der Waals surface area (Å²) in [5, 5.41) is 19.0. The second-order valence-electron chi connectivity index (χ2n) is 5.39. The Kier molecular flexibility index (Phi) is 2.99. The smallest absolute Gasteiger partial charge is 0.114 e. The normalized spacial score (nSPS) is 11.9. The summed E-state index contributed by atoms with van der Waals surface area (Å²) in [5.74, 6) is 0. The number of benzene rings is 1. The standard InChI is InChI=1S/C15H16N4O/c1-15(2,20)14-10-19(18-17-14)9-11-5-6-13-12(8-11)4-3-7-16-13/h3-8,10,20H,9H2,1-2H3. The molecule has 0 saturated carbocycles. The second kappa shape index (κ2) is 4.68. The van der Waals surface area contributed by atoms with Crippen molar-refractivity contribution in [1.82, 2.24) is 20.0 Å². The Morgan fingerprint density at radius 3 is 2.85 bits per heavy atom. The fraction of sp³-hybridized carbons (Fsp3) is 0.267. The molecule has 0 spiro atoms. The van der Waals surface area contributed by atoms with Crippen LogP contribution in [0.25, 0.3) is 10.9 Å². The largest absolute Gasteiger partial charge is 0.384 e. The molecule has 0 aliphatic rings. The van der Waals surface area contributed by atoms with Gasteiger partial charge in [0.1, 0.15) is 11.3 Å². The highest BCUT2D eigenvalue weighted by Crippen LogP contribution is 2.17. The fourth-order valence-electron chi connectivity index (χ4n) is 2.07. The molecule has 2 aromatic heterocycles. The van der Waals surface area contributed by atoms with Gasteiger partial charge in [0.15, 0.2) is 0 Å². The molecule has 0 aliphatic carbocycles. The molecule has 102 valence electrons. The molecule has 0 amide bonds. The van der Waals surface area contributed by atoms with Crippen LogP contribution < -0.4 is 0 Å². The Balaban J connectivity index is 1.87. The highest BCUT2D eigenvalue weighted by molar-refractivity contribution is 5.78. The maximum Gasteiger partial charge on any atom is 0.114 e. The summed E-state index contributed by atoms with van der Waals surface area (Å²) in [5.41, 5.74) is 1.70. The van der Waals surface area contributed by atoms with Crippen LogP contribution in [0.2, 0.25) is 0 Å². The van der Waals surface area contributed by atoms with E-state index < -0.39 is 5.60 Å². The number of aliphatic hydroxyl groups is 1. The van der Waals surface area contributed by atoms with E-state index >= 15 is 0 Å². The summed E-state index contributed by atoms with van der Waals surface area (Å²) in [6.45, 7) is 4.01. The number of rotatable bonds is 3. The van der Waals surface area contributed by atoms with Crippen LogP contribution in [0.3, 0.4) is 0 Å². The van der Waals surface area contributed by atoms with Gasteiger partial charge in [-0.05, 0) is 37.6 Å². The molecule has 3 rings (SSSR count). The molecular weight excluding hydrogens is 252 g/mol. The minimum absolute atomic E-state index is 0.569. The number of hydrogen-bond donors (Lipinski definition) is 1. The van der Waals surface area contributed by atoms with Gasteiger partial charge in [0.25, 0.3) is 0 Å². The van der Waals surface area contributed by atoms with Gasteiger partial charge < -0.3 is 5.11 Å². The topological polar surface area (TPSA) is 63.8 Å². The third-order valence-electron chi connectivity index (χ3n) is 3.18. The molecule has 0 bridgehead atoms. The molecule has 0 aliphatic heterocycles. The van der Waals surface area contributed by atoms with Crippen LogP contribution in [0, 0.1) is 0 Å². The number of pyridine rings is 1. The van der Waals surface area contributed by atoms with Crippen molar-refractivity contribution in [2.45, 2.75) is 26.0 Å². The van der Waals surface area contributed by atoms with Crippen molar-refractivity contribution >= 4 is 10.9 Å². The van der Waals surface area contributed by atoms with Gasteiger partial charge in [-0.25, -0.2) is 4.68 Å². The number of hydrogen-bond acceptors (Lipinski definition) is 4. The van der Waals surface area contributed by atoms with Crippen LogP contribution in [-0.2, 0) is 12.1 Å². The minimum Gasteiger partial charge on any atom is -0.384 e. The predicted octanol–water partition coefficient (Wildman–Crippen LogP) is 2.10. The molecule has 1 N–H and O–H groups in total. The molecule has 0 radical (unpaired) electrons. The summed E-state index contributed by atoms with van der Waals surface area (Å²) in [6.07, 6.45) is 3.56. The lowest BCUT2D eigenvalue weighted by Crippen LogP contribution is -2.15. The first-order valence-corrected chi connectivity index (χ1v) is 6.49. The van der Waals surface area contributed by atoms with E-state index in [1.807, 2.05) is 24.3 Å². The summed E-state index contributed by atoms with van der Waals surface area (Å²) in [6, 6.07) is 10.1. The van der Waals surface area contributed by atoms with Crippen LogP contribution in [0.5, 0.6) is 0 Å². The van der Waals surface area contributed by atoms with Crippen molar-refractivity contribution < 1.29 is 5.11 Å². The van der Waals surface area contributed by atoms with E-state index in [9.17, 15) is 5.11 Å². The first kappa shape index (κ1) is 12.7. The van der Waals surface area contributed by atoms with Crippen LogP contribution in [0.15, 0.2) is 42.7 Å². The Morgan fingerprint density at radius 2 is 2.10 bits per heavy atom. The molecule has 3 aromatic rings. The van der Waals surface area contributed by atoms with Gasteiger partial charge in [0.2, 0.25) is 0 Å². The fourth-order valence-corrected chi connectivity index (χ4v) is 2.07. The molecule has 2 heterocycles. The van der Waals surface area contributed by atoms with Gasteiger partial charge in [-0.2, -0.15) is 0 Å². The van der Waals surface area contributed by atoms with Gasteiger partial charge in [0, 0.05) is 11.6 Å². The van der Waals surface area contributed by atoms with E-state index in [-0.39, 0.29) is 0 Å². The van der Waals surface area contributed by atoms with Gasteiger partial charge in [-0.15, -0.1) is 5.10 Å². The van der Waals surface area contributed by atoms with Crippen LogP contribution in [0.1, 0.15) is 25.1 Å². The first-order valence-electron chi connectivity index (χ1n) is 6.49. The summed E-state index contributed by atoms with van der Waals surface area (Å²) in [4.78, 5) is 4.30. The van der Waals surface area contributed by atoms with Crippen molar-refractivity contribution in [3.63, 3.8) is 0 Å². The van der Waals surface area contributed by atoms with Crippen molar-refractivity contribution in [3.8, 4) is 0 Å². The average Bonchev–Trinajstić information content (AvgIpc) is 2.87. The summed E-state index contributed by atoms with van der Waals surface area (Å²) >= 11 is 0. The van der Waals surface area contributed by atoms with Crippen molar-refractivity contribution in [1.29, 1.82) is 0 Å². The zero-order valence-electron chi connectivity index (χ0n) is 11.5. The molecule has 0 saturated heterocycles. The number of nitrogens with zero attached hydrogens (tertiary/aromatic N) is 4. The Labute approximate surface area is 116 Å².